The summed E-state index contributed by atoms with van der Waals surface area (Å²) < 4.78 is 6.08. The lowest BCUT2D eigenvalue weighted by Gasteiger charge is -2.08. The number of hydrogen-bond acceptors (Lipinski definition) is 3. The Bertz CT molecular complexity index is 305. The van der Waals surface area contributed by atoms with Crippen LogP contribution in [0.1, 0.15) is 5.69 Å². The monoisotopic (exact) mass is 169 g/mol. The fourth-order valence-corrected chi connectivity index (χ4v) is 0.980. The van der Waals surface area contributed by atoms with Crippen molar-refractivity contribution in [3.8, 4) is 0 Å². The van der Waals surface area contributed by atoms with Crippen molar-refractivity contribution in [2.45, 2.75) is 6.61 Å². The van der Waals surface area contributed by atoms with E-state index in [1.165, 1.54) is 17.9 Å². The maximum Gasteiger partial charge on any atom is 0.283 e. The quantitative estimate of drug-likeness (QED) is 0.642. The van der Waals surface area contributed by atoms with Crippen molar-refractivity contribution in [3.05, 3.63) is 34.2 Å². The van der Waals surface area contributed by atoms with Crippen LogP contribution in [-0.4, -0.2) is 19.0 Å². The molecule has 0 unspecified atom stereocenters. The van der Waals surface area contributed by atoms with E-state index in [1.54, 1.807) is 19.2 Å². The Morgan fingerprint density at radius 3 is 2.75 bits per heavy atom. The normalized spacial score (nSPS) is 9.83. The third-order valence-corrected chi connectivity index (χ3v) is 1.46. The first-order valence-electron chi connectivity index (χ1n) is 3.54. The third kappa shape index (κ3) is 1.65. The summed E-state index contributed by atoms with van der Waals surface area (Å²) >= 11 is 0. The van der Waals surface area contributed by atoms with Gasteiger partial charge >= 0.3 is 0 Å². The molecule has 0 fully saturated rings. The van der Waals surface area contributed by atoms with Crippen molar-refractivity contribution in [1.29, 1.82) is 0 Å². The molecule has 0 saturated heterocycles. The largest absolute Gasteiger partial charge is 0.414 e. The average molecular weight is 169 g/mol. The van der Waals surface area contributed by atoms with Crippen molar-refractivity contribution in [2.24, 2.45) is 0 Å². The van der Waals surface area contributed by atoms with E-state index in [4.69, 9.17) is 9.57 Å². The third-order valence-electron chi connectivity index (χ3n) is 1.46. The summed E-state index contributed by atoms with van der Waals surface area (Å²) in [5.74, 6) is 0. The number of rotatable bonds is 3. The predicted octanol–water partition coefficient (Wildman–Crippen LogP) is 0.0531. The molecule has 0 atom stereocenters. The molecule has 0 aliphatic carbocycles. The van der Waals surface area contributed by atoms with Gasteiger partial charge in [0.05, 0.1) is 12.3 Å². The second kappa shape index (κ2) is 3.92. The van der Waals surface area contributed by atoms with E-state index in [0.717, 1.165) is 0 Å². The Balaban J connectivity index is 3.09. The highest BCUT2D eigenvalue weighted by molar-refractivity contribution is 5.04. The Labute approximate surface area is 70.3 Å². The highest BCUT2D eigenvalue weighted by atomic mass is 16.7. The van der Waals surface area contributed by atoms with E-state index in [1.807, 2.05) is 0 Å². The Morgan fingerprint density at radius 2 is 2.17 bits per heavy atom. The first kappa shape index (κ1) is 8.80. The van der Waals surface area contributed by atoms with Crippen molar-refractivity contribution in [2.75, 3.05) is 14.2 Å². The highest BCUT2D eigenvalue weighted by Gasteiger charge is 2.00. The second-order valence-corrected chi connectivity index (χ2v) is 2.27. The molecule has 1 rings (SSSR count). The van der Waals surface area contributed by atoms with Gasteiger partial charge in [-0.3, -0.25) is 4.79 Å². The maximum atomic E-state index is 11.1. The molecule has 0 saturated carbocycles. The van der Waals surface area contributed by atoms with Crippen LogP contribution in [0.2, 0.25) is 0 Å². The lowest BCUT2D eigenvalue weighted by atomic mass is 10.4. The molecule has 1 aromatic rings. The van der Waals surface area contributed by atoms with E-state index in [9.17, 15) is 4.79 Å². The molecule has 0 aliphatic rings. The predicted molar refractivity (Wildman–Crippen MR) is 43.9 cm³/mol. The zero-order valence-electron chi connectivity index (χ0n) is 7.11. The van der Waals surface area contributed by atoms with Gasteiger partial charge in [-0.2, -0.15) is 0 Å². The first-order valence-corrected chi connectivity index (χ1v) is 3.54. The van der Waals surface area contributed by atoms with Gasteiger partial charge in [-0.25, -0.2) is 0 Å². The summed E-state index contributed by atoms with van der Waals surface area (Å²) in [5.41, 5.74) is 0.513. The van der Waals surface area contributed by atoms with E-state index in [-0.39, 0.29) is 5.56 Å². The van der Waals surface area contributed by atoms with Crippen molar-refractivity contribution >= 4 is 0 Å². The van der Waals surface area contributed by atoms with Crippen molar-refractivity contribution in [3.63, 3.8) is 0 Å². The Hall–Kier alpha value is -1.29. The molecule has 4 nitrogen and oxygen atoms in total. The Kier molecular flexibility index (Phi) is 2.88. The molecular weight excluding hydrogens is 158 g/mol. The molecule has 0 bridgehead atoms. The fraction of sp³-hybridized carbons (Fsp3) is 0.375. The molecule has 1 aromatic heterocycles. The fourth-order valence-electron chi connectivity index (χ4n) is 0.980. The van der Waals surface area contributed by atoms with Crippen molar-refractivity contribution in [1.82, 2.24) is 4.73 Å². The van der Waals surface area contributed by atoms with E-state index in [0.29, 0.717) is 12.3 Å². The summed E-state index contributed by atoms with van der Waals surface area (Å²) in [6, 6.07) is 4.88. The van der Waals surface area contributed by atoms with Gasteiger partial charge in [-0.1, -0.05) is 6.07 Å². The lowest BCUT2D eigenvalue weighted by molar-refractivity contribution is 0.113. The van der Waals surface area contributed by atoms with Crippen LogP contribution in [0.5, 0.6) is 0 Å². The maximum absolute atomic E-state index is 11.1. The van der Waals surface area contributed by atoms with Crippen LogP contribution in [0.15, 0.2) is 23.0 Å². The number of aromatic nitrogens is 1. The number of methoxy groups -OCH3 is 1. The van der Waals surface area contributed by atoms with E-state index in [2.05, 4.69) is 0 Å². The molecular formula is C8H11NO3. The molecule has 66 valence electrons. The molecule has 12 heavy (non-hydrogen) atoms. The highest BCUT2D eigenvalue weighted by Crippen LogP contribution is 1.95. The van der Waals surface area contributed by atoms with Gasteiger partial charge in [0.1, 0.15) is 7.11 Å². The summed E-state index contributed by atoms with van der Waals surface area (Å²) in [7, 11) is 3.01. The SMILES string of the molecule is COCc1cccc(=O)n1OC. The van der Waals surface area contributed by atoms with E-state index < -0.39 is 0 Å². The summed E-state index contributed by atoms with van der Waals surface area (Å²) in [6.45, 7) is 0.365. The zero-order chi connectivity index (χ0) is 8.97. The number of ether oxygens (including phenoxy) is 1. The Morgan fingerprint density at radius 1 is 1.42 bits per heavy atom. The van der Waals surface area contributed by atoms with Gasteiger partial charge in [0.25, 0.3) is 5.56 Å². The molecule has 0 amide bonds. The van der Waals surface area contributed by atoms with Crippen LogP contribution in [0, 0.1) is 0 Å². The van der Waals surface area contributed by atoms with E-state index >= 15 is 0 Å². The van der Waals surface area contributed by atoms with Crippen molar-refractivity contribution < 1.29 is 9.57 Å². The van der Waals surface area contributed by atoms with Gasteiger partial charge in [0.15, 0.2) is 0 Å². The molecule has 1 heterocycles. The van der Waals surface area contributed by atoms with Gasteiger partial charge in [-0.15, -0.1) is 4.73 Å². The molecule has 0 aliphatic heterocycles. The summed E-state index contributed by atoms with van der Waals surface area (Å²) in [4.78, 5) is 16.0. The lowest BCUT2D eigenvalue weighted by Crippen LogP contribution is -2.27. The minimum Gasteiger partial charge on any atom is -0.414 e. The minimum atomic E-state index is -0.188. The van der Waals surface area contributed by atoms with Crippen LogP contribution in [0.25, 0.3) is 0 Å². The molecule has 0 spiro atoms. The summed E-state index contributed by atoms with van der Waals surface area (Å²) in [6.07, 6.45) is 0. The topological polar surface area (TPSA) is 40.5 Å². The number of nitrogens with zero attached hydrogens (tertiary/aromatic N) is 1. The van der Waals surface area contributed by atoms with Gasteiger partial charge in [-0.05, 0) is 6.07 Å². The molecule has 0 aromatic carbocycles. The number of pyridine rings is 1. The average Bonchev–Trinajstić information content (AvgIpc) is 2.05. The van der Waals surface area contributed by atoms with Crippen LogP contribution in [0.4, 0.5) is 0 Å². The van der Waals surface area contributed by atoms with Crippen LogP contribution in [0.3, 0.4) is 0 Å². The first-order chi connectivity index (χ1) is 5.79. The smallest absolute Gasteiger partial charge is 0.283 e. The molecule has 4 heteroatoms. The van der Waals surface area contributed by atoms with Gasteiger partial charge < -0.3 is 9.57 Å². The number of hydrogen-bond donors (Lipinski definition) is 0. The standard InChI is InChI=1S/C8H11NO3/c1-11-6-7-4-3-5-8(10)9(7)12-2/h3-5H,6H2,1-2H3. The second-order valence-electron chi connectivity index (χ2n) is 2.27. The zero-order valence-corrected chi connectivity index (χ0v) is 7.11. The van der Waals surface area contributed by atoms with Crippen LogP contribution in [-0.2, 0) is 11.3 Å². The molecule has 0 radical (unpaired) electrons. The van der Waals surface area contributed by atoms with Crippen LogP contribution >= 0.6 is 0 Å². The van der Waals surface area contributed by atoms with Crippen LogP contribution < -0.4 is 10.4 Å². The molecule has 0 N–H and O–H groups in total. The minimum absolute atomic E-state index is 0.188. The van der Waals surface area contributed by atoms with Gasteiger partial charge in [0, 0.05) is 13.2 Å². The van der Waals surface area contributed by atoms with Gasteiger partial charge in [0.2, 0.25) is 0 Å². The summed E-state index contributed by atoms with van der Waals surface area (Å²) in [5, 5.41) is 0.